The summed E-state index contributed by atoms with van der Waals surface area (Å²) in [5.41, 5.74) is -3.48. The van der Waals surface area contributed by atoms with Crippen LogP contribution in [-0.4, -0.2) is 17.3 Å². The second-order valence-electron chi connectivity index (χ2n) is 4.76. The second kappa shape index (κ2) is 7.88. The lowest BCUT2D eigenvalue weighted by atomic mass is 10.0. The van der Waals surface area contributed by atoms with Gasteiger partial charge in [-0.25, -0.2) is 4.39 Å². The Bertz CT molecular complexity index is 408. The zero-order valence-corrected chi connectivity index (χ0v) is 12.3. The van der Waals surface area contributed by atoms with Crippen LogP contribution in [0.25, 0.3) is 0 Å². The molecule has 6 heteroatoms. The van der Waals surface area contributed by atoms with E-state index in [0.717, 1.165) is 12.0 Å². The highest BCUT2D eigenvalue weighted by atomic mass is 32.2. The molecule has 2 unspecified atom stereocenters. The monoisotopic (exact) mass is 309 g/mol. The van der Waals surface area contributed by atoms with Crippen LogP contribution in [0, 0.1) is 11.7 Å². The number of thioether (sulfide) groups is 1. The molecule has 114 valence electrons. The van der Waals surface area contributed by atoms with Crippen molar-refractivity contribution in [2.75, 3.05) is 5.75 Å². The first-order valence-corrected chi connectivity index (χ1v) is 7.49. The zero-order chi connectivity index (χ0) is 15.2. The third kappa shape index (κ3) is 6.61. The van der Waals surface area contributed by atoms with E-state index in [1.807, 2.05) is 13.8 Å². The van der Waals surface area contributed by atoms with Crippen LogP contribution in [-0.2, 0) is 6.54 Å². The van der Waals surface area contributed by atoms with Crippen LogP contribution in [0.2, 0.25) is 0 Å². The first-order valence-electron chi connectivity index (χ1n) is 6.50. The fourth-order valence-electron chi connectivity index (χ4n) is 1.79. The fraction of sp³-hybridized carbons (Fsp3) is 0.571. The van der Waals surface area contributed by atoms with E-state index < -0.39 is 5.51 Å². The van der Waals surface area contributed by atoms with Crippen LogP contribution in [0.5, 0.6) is 0 Å². The van der Waals surface area contributed by atoms with E-state index in [1.54, 1.807) is 12.1 Å². The first-order chi connectivity index (χ1) is 9.31. The molecule has 0 spiro atoms. The molecular formula is C14H19F4NS. The van der Waals surface area contributed by atoms with Crippen LogP contribution in [0.3, 0.4) is 0 Å². The molecule has 0 aromatic heterocycles. The Labute approximate surface area is 121 Å². The minimum atomic E-state index is -4.22. The molecule has 0 radical (unpaired) electrons. The Morgan fingerprint density at radius 2 is 2.00 bits per heavy atom. The second-order valence-corrected chi connectivity index (χ2v) is 5.84. The molecule has 0 aliphatic rings. The highest BCUT2D eigenvalue weighted by molar-refractivity contribution is 8.00. The summed E-state index contributed by atoms with van der Waals surface area (Å²) in [6.45, 7) is 4.23. The fourth-order valence-corrected chi connectivity index (χ4v) is 2.60. The standard InChI is InChI=1S/C14H19F4NS/c1-3-10(2)13(9-20-14(16,17)18)19-8-11-5-4-6-12(15)7-11/h4-7,10,13,19H,3,8-9H2,1-2H3. The maximum Gasteiger partial charge on any atom is 0.441 e. The van der Waals surface area contributed by atoms with Gasteiger partial charge >= 0.3 is 5.51 Å². The average molecular weight is 309 g/mol. The van der Waals surface area contributed by atoms with Gasteiger partial charge in [-0.1, -0.05) is 32.4 Å². The lowest BCUT2D eigenvalue weighted by Crippen LogP contribution is -2.37. The molecule has 1 rings (SSSR count). The molecule has 0 fully saturated rings. The lowest BCUT2D eigenvalue weighted by molar-refractivity contribution is -0.0329. The van der Waals surface area contributed by atoms with Gasteiger partial charge in [-0.15, -0.1) is 0 Å². The predicted molar refractivity (Wildman–Crippen MR) is 75.0 cm³/mol. The summed E-state index contributed by atoms with van der Waals surface area (Å²) >= 11 is -0.0129. The third-order valence-corrected chi connectivity index (χ3v) is 4.07. The van der Waals surface area contributed by atoms with Gasteiger partial charge in [-0.3, -0.25) is 0 Å². The van der Waals surface area contributed by atoms with Crippen LogP contribution in [0.15, 0.2) is 24.3 Å². The summed E-state index contributed by atoms with van der Waals surface area (Å²) in [6.07, 6.45) is 0.791. The van der Waals surface area contributed by atoms with Crippen molar-refractivity contribution in [3.05, 3.63) is 35.6 Å². The molecule has 0 heterocycles. The Hall–Kier alpha value is -0.750. The maximum atomic E-state index is 13.0. The van der Waals surface area contributed by atoms with Crippen molar-refractivity contribution in [3.63, 3.8) is 0 Å². The van der Waals surface area contributed by atoms with Crippen molar-refractivity contribution >= 4 is 11.8 Å². The van der Waals surface area contributed by atoms with Gasteiger partial charge in [0.2, 0.25) is 0 Å². The van der Waals surface area contributed by atoms with Crippen molar-refractivity contribution in [1.29, 1.82) is 0 Å². The van der Waals surface area contributed by atoms with Gasteiger partial charge in [-0.05, 0) is 35.4 Å². The lowest BCUT2D eigenvalue weighted by Gasteiger charge is -2.24. The molecule has 1 aromatic carbocycles. The van der Waals surface area contributed by atoms with E-state index in [2.05, 4.69) is 5.32 Å². The van der Waals surface area contributed by atoms with E-state index >= 15 is 0 Å². The first kappa shape index (κ1) is 17.3. The predicted octanol–water partition coefficient (Wildman–Crippen LogP) is 4.58. The third-order valence-electron chi connectivity index (χ3n) is 3.21. The van der Waals surface area contributed by atoms with Gasteiger partial charge in [0.25, 0.3) is 0 Å². The summed E-state index contributed by atoms with van der Waals surface area (Å²) in [5, 5.41) is 3.10. The van der Waals surface area contributed by atoms with Crippen LogP contribution in [0.1, 0.15) is 25.8 Å². The molecule has 0 amide bonds. The molecule has 1 aromatic rings. The van der Waals surface area contributed by atoms with Gasteiger partial charge in [0, 0.05) is 18.3 Å². The molecule has 1 nitrogen and oxygen atoms in total. The number of alkyl halides is 3. The number of hydrogen-bond acceptors (Lipinski definition) is 2. The summed E-state index contributed by atoms with van der Waals surface area (Å²) in [4.78, 5) is 0. The number of rotatable bonds is 7. The molecule has 0 bridgehead atoms. The molecule has 0 aliphatic carbocycles. The maximum absolute atomic E-state index is 13.0. The molecule has 20 heavy (non-hydrogen) atoms. The minimum Gasteiger partial charge on any atom is -0.309 e. The molecule has 0 aliphatic heterocycles. The quantitative estimate of drug-likeness (QED) is 0.740. The average Bonchev–Trinajstić information content (AvgIpc) is 2.37. The van der Waals surface area contributed by atoms with Gasteiger partial charge in [0.05, 0.1) is 0 Å². The van der Waals surface area contributed by atoms with Crippen molar-refractivity contribution < 1.29 is 17.6 Å². The van der Waals surface area contributed by atoms with Crippen molar-refractivity contribution in [1.82, 2.24) is 5.32 Å². The van der Waals surface area contributed by atoms with Crippen molar-refractivity contribution in [2.24, 2.45) is 5.92 Å². The summed E-state index contributed by atoms with van der Waals surface area (Å²) < 4.78 is 49.9. The summed E-state index contributed by atoms with van der Waals surface area (Å²) in [7, 11) is 0. The van der Waals surface area contributed by atoms with E-state index in [4.69, 9.17) is 0 Å². The molecular weight excluding hydrogens is 290 g/mol. The Morgan fingerprint density at radius 1 is 1.30 bits per heavy atom. The van der Waals surface area contributed by atoms with Crippen molar-refractivity contribution in [3.8, 4) is 0 Å². The van der Waals surface area contributed by atoms with Crippen LogP contribution in [0.4, 0.5) is 17.6 Å². The molecule has 0 saturated carbocycles. The number of hydrogen-bond donors (Lipinski definition) is 1. The van der Waals surface area contributed by atoms with Gasteiger partial charge in [0.15, 0.2) is 0 Å². The van der Waals surface area contributed by atoms with E-state index in [-0.39, 0.29) is 35.3 Å². The van der Waals surface area contributed by atoms with Crippen molar-refractivity contribution in [2.45, 2.75) is 38.4 Å². The number of benzene rings is 1. The molecule has 0 saturated heterocycles. The topological polar surface area (TPSA) is 12.0 Å². The number of halogens is 4. The van der Waals surface area contributed by atoms with Gasteiger partial charge in [0.1, 0.15) is 5.82 Å². The van der Waals surface area contributed by atoms with Crippen LogP contribution < -0.4 is 5.32 Å². The highest BCUT2D eigenvalue weighted by Crippen LogP contribution is 2.31. The summed E-state index contributed by atoms with van der Waals surface area (Å²) in [5.74, 6) is -0.249. The van der Waals surface area contributed by atoms with E-state index in [9.17, 15) is 17.6 Å². The zero-order valence-electron chi connectivity index (χ0n) is 11.5. The SMILES string of the molecule is CCC(C)C(CSC(F)(F)F)NCc1cccc(F)c1. The number of nitrogens with one attached hydrogen (secondary N) is 1. The van der Waals surface area contributed by atoms with Gasteiger partial charge < -0.3 is 5.32 Å². The normalized spacial score (nSPS) is 15.1. The largest absolute Gasteiger partial charge is 0.441 e. The molecule has 2 atom stereocenters. The molecule has 1 N–H and O–H groups in total. The Kier molecular flexibility index (Phi) is 6.82. The van der Waals surface area contributed by atoms with Gasteiger partial charge in [-0.2, -0.15) is 13.2 Å². The highest BCUT2D eigenvalue weighted by Gasteiger charge is 2.30. The Balaban J connectivity index is 2.56. The van der Waals surface area contributed by atoms with E-state index in [1.165, 1.54) is 12.1 Å². The minimum absolute atomic E-state index is 0.0129. The smallest absolute Gasteiger partial charge is 0.309 e. The summed E-state index contributed by atoms with van der Waals surface area (Å²) in [6, 6.07) is 5.82. The van der Waals surface area contributed by atoms with Crippen LogP contribution >= 0.6 is 11.8 Å². The van der Waals surface area contributed by atoms with E-state index in [0.29, 0.717) is 6.54 Å². The Morgan fingerprint density at radius 3 is 2.55 bits per heavy atom.